The van der Waals surface area contributed by atoms with Gasteiger partial charge in [-0.1, -0.05) is 24.3 Å². The van der Waals surface area contributed by atoms with Crippen molar-refractivity contribution in [2.45, 2.75) is 25.6 Å². The molecule has 1 atom stereocenters. The van der Waals surface area contributed by atoms with E-state index in [0.29, 0.717) is 10.8 Å². The van der Waals surface area contributed by atoms with Crippen LogP contribution in [0, 0.1) is 0 Å². The number of benzene rings is 2. The number of halogens is 3. The Morgan fingerprint density at radius 3 is 2.53 bits per heavy atom. The molecule has 7 nitrogen and oxygen atoms in total. The summed E-state index contributed by atoms with van der Waals surface area (Å²) >= 11 is 0. The number of esters is 1. The van der Waals surface area contributed by atoms with Gasteiger partial charge in [0.15, 0.2) is 6.10 Å². The van der Waals surface area contributed by atoms with E-state index in [2.05, 4.69) is 15.5 Å². The second kappa shape index (κ2) is 8.36. The number of carbonyl (C=O) groups excluding carboxylic acids is 2. The van der Waals surface area contributed by atoms with Crippen LogP contribution in [0.2, 0.25) is 0 Å². The minimum Gasteiger partial charge on any atom is -0.452 e. The molecule has 3 rings (SSSR count). The van der Waals surface area contributed by atoms with E-state index in [1.807, 2.05) is 0 Å². The van der Waals surface area contributed by atoms with Crippen LogP contribution in [-0.2, 0) is 26.9 Å². The van der Waals surface area contributed by atoms with Crippen LogP contribution < -0.4 is 10.9 Å². The summed E-state index contributed by atoms with van der Waals surface area (Å²) in [6.07, 6.45) is -6.12. The van der Waals surface area contributed by atoms with Crippen LogP contribution in [0.5, 0.6) is 0 Å². The molecule has 0 fully saturated rings. The van der Waals surface area contributed by atoms with Crippen LogP contribution in [0.15, 0.2) is 53.3 Å². The fourth-order valence-electron chi connectivity index (χ4n) is 2.75. The highest BCUT2D eigenvalue weighted by atomic mass is 19.4. The molecule has 156 valence electrons. The third-order valence-corrected chi connectivity index (χ3v) is 4.22. The van der Waals surface area contributed by atoms with E-state index in [0.717, 1.165) is 18.2 Å². The molecule has 10 heteroatoms. The van der Waals surface area contributed by atoms with Gasteiger partial charge in [-0.3, -0.25) is 14.4 Å². The number of nitrogens with zero attached hydrogens (tertiary/aromatic N) is 1. The SMILES string of the molecule is CC(OC(=O)Cc1n[nH]c(=O)c2ccccc12)C(=O)Nc1cccc(C(F)(F)F)c1. The fourth-order valence-corrected chi connectivity index (χ4v) is 2.75. The number of hydrogen-bond acceptors (Lipinski definition) is 5. The molecular formula is C20H16F3N3O4. The lowest BCUT2D eigenvalue weighted by atomic mass is 10.1. The van der Waals surface area contributed by atoms with Crippen molar-refractivity contribution < 1.29 is 27.5 Å². The number of carbonyl (C=O) groups is 2. The van der Waals surface area contributed by atoms with Crippen LogP contribution in [0.4, 0.5) is 18.9 Å². The van der Waals surface area contributed by atoms with Crippen LogP contribution in [-0.4, -0.2) is 28.2 Å². The monoisotopic (exact) mass is 419 g/mol. The van der Waals surface area contributed by atoms with E-state index < -0.39 is 35.3 Å². The molecule has 2 aromatic carbocycles. The van der Waals surface area contributed by atoms with Gasteiger partial charge in [0.25, 0.3) is 11.5 Å². The van der Waals surface area contributed by atoms with E-state index in [9.17, 15) is 27.6 Å². The number of rotatable bonds is 5. The van der Waals surface area contributed by atoms with Gasteiger partial charge in [0.2, 0.25) is 0 Å². The molecule has 0 aliphatic heterocycles. The van der Waals surface area contributed by atoms with E-state index in [1.165, 1.54) is 13.0 Å². The Labute approximate surface area is 167 Å². The standard InChI is InChI=1S/C20H16F3N3O4/c1-11(18(28)24-13-6-4-5-12(9-13)20(21,22)23)30-17(27)10-16-14-7-2-3-8-15(14)19(29)26-25-16/h2-9,11H,10H2,1H3,(H,24,28)(H,26,29). The second-order valence-electron chi connectivity index (χ2n) is 6.42. The maximum absolute atomic E-state index is 12.8. The van der Waals surface area contributed by atoms with Crippen molar-refractivity contribution in [2.24, 2.45) is 0 Å². The number of fused-ring (bicyclic) bond motifs is 1. The number of H-pyrrole nitrogens is 1. The summed E-state index contributed by atoms with van der Waals surface area (Å²) in [6.45, 7) is 1.29. The number of ether oxygens (including phenoxy) is 1. The van der Waals surface area contributed by atoms with Gasteiger partial charge in [0.1, 0.15) is 0 Å². The summed E-state index contributed by atoms with van der Waals surface area (Å²) in [7, 11) is 0. The number of aromatic nitrogens is 2. The number of anilines is 1. The maximum Gasteiger partial charge on any atom is 0.416 e. The number of aromatic amines is 1. The molecule has 0 radical (unpaired) electrons. The Morgan fingerprint density at radius 1 is 1.13 bits per heavy atom. The first-order valence-corrected chi connectivity index (χ1v) is 8.79. The highest BCUT2D eigenvalue weighted by Gasteiger charge is 2.30. The van der Waals surface area contributed by atoms with Crippen molar-refractivity contribution in [3.63, 3.8) is 0 Å². The first-order chi connectivity index (χ1) is 14.1. The Bertz CT molecular complexity index is 1160. The largest absolute Gasteiger partial charge is 0.452 e. The van der Waals surface area contributed by atoms with Crippen LogP contribution >= 0.6 is 0 Å². The van der Waals surface area contributed by atoms with Crippen LogP contribution in [0.1, 0.15) is 18.2 Å². The van der Waals surface area contributed by atoms with Crippen molar-refractivity contribution in [2.75, 3.05) is 5.32 Å². The predicted molar refractivity (Wildman–Crippen MR) is 102 cm³/mol. The first kappa shape index (κ1) is 21.0. The molecule has 0 spiro atoms. The highest BCUT2D eigenvalue weighted by molar-refractivity contribution is 5.95. The minimum atomic E-state index is -4.55. The summed E-state index contributed by atoms with van der Waals surface area (Å²) in [6, 6.07) is 10.7. The molecule has 1 heterocycles. The van der Waals surface area contributed by atoms with E-state index >= 15 is 0 Å². The van der Waals surface area contributed by atoms with Gasteiger partial charge in [0, 0.05) is 11.1 Å². The lowest BCUT2D eigenvalue weighted by Gasteiger charge is -2.14. The second-order valence-corrected chi connectivity index (χ2v) is 6.42. The van der Waals surface area contributed by atoms with Gasteiger partial charge < -0.3 is 10.1 Å². The number of hydrogen-bond donors (Lipinski definition) is 2. The topological polar surface area (TPSA) is 101 Å². The molecule has 2 N–H and O–H groups in total. The lowest BCUT2D eigenvalue weighted by molar-refractivity contribution is -0.152. The molecular weight excluding hydrogens is 403 g/mol. The zero-order valence-corrected chi connectivity index (χ0v) is 15.6. The molecule has 0 saturated heterocycles. The highest BCUT2D eigenvalue weighted by Crippen LogP contribution is 2.30. The Kier molecular flexibility index (Phi) is 5.86. The van der Waals surface area contributed by atoms with Gasteiger partial charge in [0.05, 0.1) is 23.1 Å². The van der Waals surface area contributed by atoms with Crippen LogP contribution in [0.3, 0.4) is 0 Å². The lowest BCUT2D eigenvalue weighted by Crippen LogP contribution is -2.30. The predicted octanol–water partition coefficient (Wildman–Crippen LogP) is 3.05. The molecule has 0 aliphatic carbocycles. The van der Waals surface area contributed by atoms with Gasteiger partial charge in [-0.25, -0.2) is 5.10 Å². The molecule has 3 aromatic rings. The van der Waals surface area contributed by atoms with Gasteiger partial charge in [-0.15, -0.1) is 0 Å². The normalized spacial score (nSPS) is 12.4. The average molecular weight is 419 g/mol. The molecule has 30 heavy (non-hydrogen) atoms. The minimum absolute atomic E-state index is 0.0778. The molecule has 0 bridgehead atoms. The quantitative estimate of drug-likeness (QED) is 0.619. The summed E-state index contributed by atoms with van der Waals surface area (Å²) in [5.74, 6) is -1.58. The van der Waals surface area contributed by atoms with E-state index in [4.69, 9.17) is 4.74 Å². The summed E-state index contributed by atoms with van der Waals surface area (Å²) in [5.41, 5.74) is -1.13. The van der Waals surface area contributed by atoms with Crippen molar-refractivity contribution >= 4 is 28.3 Å². The maximum atomic E-state index is 12.8. The van der Waals surface area contributed by atoms with Gasteiger partial charge in [-0.2, -0.15) is 18.3 Å². The van der Waals surface area contributed by atoms with E-state index in [-0.39, 0.29) is 17.8 Å². The van der Waals surface area contributed by atoms with Crippen molar-refractivity contribution in [3.8, 4) is 0 Å². The Morgan fingerprint density at radius 2 is 1.83 bits per heavy atom. The Hall–Kier alpha value is -3.69. The smallest absolute Gasteiger partial charge is 0.416 e. The van der Waals surface area contributed by atoms with E-state index in [1.54, 1.807) is 24.3 Å². The summed E-state index contributed by atoms with van der Waals surface area (Å²) < 4.78 is 43.4. The molecule has 0 saturated carbocycles. The fraction of sp³-hybridized carbons (Fsp3) is 0.200. The van der Waals surface area contributed by atoms with Crippen LogP contribution in [0.25, 0.3) is 10.8 Å². The average Bonchev–Trinajstić information content (AvgIpc) is 2.70. The zero-order valence-electron chi connectivity index (χ0n) is 15.6. The molecule has 0 aliphatic rings. The Balaban J connectivity index is 1.66. The summed E-state index contributed by atoms with van der Waals surface area (Å²) in [4.78, 5) is 36.2. The van der Waals surface area contributed by atoms with Gasteiger partial charge in [-0.05, 0) is 31.2 Å². The zero-order chi connectivity index (χ0) is 21.9. The third kappa shape index (κ3) is 4.83. The molecule has 1 aromatic heterocycles. The van der Waals surface area contributed by atoms with Crippen molar-refractivity contribution in [3.05, 3.63) is 70.1 Å². The first-order valence-electron chi connectivity index (χ1n) is 8.79. The van der Waals surface area contributed by atoms with Crippen molar-refractivity contribution in [1.82, 2.24) is 10.2 Å². The number of alkyl halides is 3. The summed E-state index contributed by atoms with van der Waals surface area (Å²) in [5, 5.41) is 9.25. The molecule has 1 amide bonds. The number of amides is 1. The third-order valence-electron chi connectivity index (χ3n) is 4.22. The number of nitrogens with one attached hydrogen (secondary N) is 2. The van der Waals surface area contributed by atoms with Gasteiger partial charge >= 0.3 is 12.1 Å². The van der Waals surface area contributed by atoms with Crippen molar-refractivity contribution in [1.29, 1.82) is 0 Å². The molecule has 1 unspecified atom stereocenters.